The van der Waals surface area contributed by atoms with Gasteiger partial charge in [0.15, 0.2) is 0 Å². The molecule has 1 heterocycles. The molecule has 0 aliphatic carbocycles. The summed E-state index contributed by atoms with van der Waals surface area (Å²) in [6.07, 6.45) is 0.718. The summed E-state index contributed by atoms with van der Waals surface area (Å²) in [5.41, 5.74) is 2.56. The lowest BCUT2D eigenvalue weighted by atomic mass is 10.1. The molecule has 1 aliphatic rings. The van der Waals surface area contributed by atoms with Crippen molar-refractivity contribution < 1.29 is 9.53 Å². The second kappa shape index (κ2) is 6.58. The lowest BCUT2D eigenvalue weighted by molar-refractivity contribution is 0.0526. The molecule has 0 aromatic heterocycles. The van der Waals surface area contributed by atoms with Gasteiger partial charge in [-0.1, -0.05) is 0 Å². The summed E-state index contributed by atoms with van der Waals surface area (Å²) < 4.78 is 4.94. The lowest BCUT2D eigenvalue weighted by Gasteiger charge is -2.17. The van der Waals surface area contributed by atoms with Crippen molar-refractivity contribution in [1.29, 1.82) is 10.5 Å². The van der Waals surface area contributed by atoms with Crippen molar-refractivity contribution in [3.8, 4) is 12.1 Å². The molecule has 5 nitrogen and oxygen atoms in total. The van der Waals surface area contributed by atoms with Crippen LogP contribution < -0.4 is 4.90 Å². The topological polar surface area (TPSA) is 77.1 Å². The number of rotatable bonds is 3. The van der Waals surface area contributed by atoms with Crippen molar-refractivity contribution >= 4 is 11.7 Å². The molecule has 2 rings (SSSR count). The van der Waals surface area contributed by atoms with Crippen molar-refractivity contribution in [2.24, 2.45) is 0 Å². The molecule has 5 heteroatoms. The first-order valence-electron chi connectivity index (χ1n) is 6.74. The summed E-state index contributed by atoms with van der Waals surface area (Å²) in [7, 11) is 0. The molecule has 0 amide bonds. The van der Waals surface area contributed by atoms with E-state index < -0.39 is 0 Å². The molecule has 21 heavy (non-hydrogen) atoms. The van der Waals surface area contributed by atoms with Crippen LogP contribution in [0.15, 0.2) is 35.4 Å². The summed E-state index contributed by atoms with van der Waals surface area (Å²) in [5.74, 6) is -0.331. The summed E-state index contributed by atoms with van der Waals surface area (Å²) >= 11 is 0. The zero-order valence-corrected chi connectivity index (χ0v) is 11.8. The van der Waals surface area contributed by atoms with E-state index in [1.165, 1.54) is 0 Å². The van der Waals surface area contributed by atoms with E-state index in [1.807, 2.05) is 24.3 Å². The molecule has 1 fully saturated rings. The molecule has 0 radical (unpaired) electrons. The standard InChI is InChI=1S/C16H15N3O2/c1-2-21-16(20)12-3-5-15(6-4-12)19-8-7-13(11-19)14(9-17)10-18/h3-6H,2,7-8,11H2,1H3. The number of benzene rings is 1. The molecule has 1 aromatic carbocycles. The Kier molecular flexibility index (Phi) is 4.58. The Labute approximate surface area is 123 Å². The van der Waals surface area contributed by atoms with Gasteiger partial charge in [-0.2, -0.15) is 10.5 Å². The van der Waals surface area contributed by atoms with Gasteiger partial charge in [-0.3, -0.25) is 0 Å². The first-order chi connectivity index (χ1) is 10.2. The van der Waals surface area contributed by atoms with Gasteiger partial charge in [-0.15, -0.1) is 0 Å². The highest BCUT2D eigenvalue weighted by Gasteiger charge is 2.20. The van der Waals surface area contributed by atoms with Crippen LogP contribution in [0.4, 0.5) is 5.69 Å². The van der Waals surface area contributed by atoms with Gasteiger partial charge in [-0.05, 0) is 43.2 Å². The van der Waals surface area contributed by atoms with Crippen molar-refractivity contribution in [2.45, 2.75) is 13.3 Å². The maximum absolute atomic E-state index is 11.6. The molecular weight excluding hydrogens is 266 g/mol. The Morgan fingerprint density at radius 3 is 2.52 bits per heavy atom. The van der Waals surface area contributed by atoms with Crippen molar-refractivity contribution in [1.82, 2.24) is 0 Å². The predicted octanol–water partition coefficient (Wildman–Crippen LogP) is 2.42. The third kappa shape index (κ3) is 3.21. The lowest BCUT2D eigenvalue weighted by Crippen LogP contribution is -2.18. The van der Waals surface area contributed by atoms with E-state index >= 15 is 0 Å². The SMILES string of the molecule is CCOC(=O)c1ccc(N2CCC(=C(C#N)C#N)C2)cc1. The third-order valence-electron chi connectivity index (χ3n) is 3.39. The number of hydrogen-bond donors (Lipinski definition) is 0. The fourth-order valence-electron chi connectivity index (χ4n) is 2.29. The van der Waals surface area contributed by atoms with Crippen molar-refractivity contribution in [3.05, 3.63) is 41.0 Å². The molecule has 0 spiro atoms. The Hall–Kier alpha value is -2.79. The number of hydrogen-bond acceptors (Lipinski definition) is 5. The highest BCUT2D eigenvalue weighted by molar-refractivity contribution is 5.89. The molecule has 0 bridgehead atoms. The van der Waals surface area contributed by atoms with Gasteiger partial charge in [-0.25, -0.2) is 4.79 Å². The van der Waals surface area contributed by atoms with E-state index in [-0.39, 0.29) is 11.5 Å². The molecule has 0 atom stereocenters. The van der Waals surface area contributed by atoms with Gasteiger partial charge in [0, 0.05) is 18.8 Å². The number of anilines is 1. The number of nitrogens with zero attached hydrogens (tertiary/aromatic N) is 3. The van der Waals surface area contributed by atoms with E-state index in [0.717, 1.165) is 24.2 Å². The van der Waals surface area contributed by atoms with Crippen molar-refractivity contribution in [2.75, 3.05) is 24.6 Å². The Morgan fingerprint density at radius 1 is 1.29 bits per heavy atom. The summed E-state index contributed by atoms with van der Waals surface area (Å²) in [5, 5.41) is 17.8. The number of ether oxygens (including phenoxy) is 1. The first-order valence-corrected chi connectivity index (χ1v) is 6.74. The maximum atomic E-state index is 11.6. The fraction of sp³-hybridized carbons (Fsp3) is 0.312. The van der Waals surface area contributed by atoms with Crippen LogP contribution in [0.1, 0.15) is 23.7 Å². The molecule has 1 aromatic rings. The predicted molar refractivity (Wildman–Crippen MR) is 77.5 cm³/mol. The molecule has 0 N–H and O–H groups in total. The van der Waals surface area contributed by atoms with E-state index in [0.29, 0.717) is 18.7 Å². The number of nitriles is 2. The van der Waals surface area contributed by atoms with Crippen LogP contribution in [0.25, 0.3) is 0 Å². The van der Waals surface area contributed by atoms with Gasteiger partial charge >= 0.3 is 5.97 Å². The molecular formula is C16H15N3O2. The van der Waals surface area contributed by atoms with Gasteiger partial charge in [0.25, 0.3) is 0 Å². The number of allylic oxidation sites excluding steroid dienone is 1. The average molecular weight is 281 g/mol. The number of carbonyl (C=O) groups is 1. The van der Waals surface area contributed by atoms with Crippen molar-refractivity contribution in [3.63, 3.8) is 0 Å². The quantitative estimate of drug-likeness (QED) is 0.628. The van der Waals surface area contributed by atoms with Crippen LogP contribution in [0.5, 0.6) is 0 Å². The van der Waals surface area contributed by atoms with Crippen LogP contribution in [0, 0.1) is 22.7 Å². The third-order valence-corrected chi connectivity index (χ3v) is 3.39. The minimum absolute atomic E-state index is 0.209. The normalized spacial score (nSPS) is 13.5. The Morgan fingerprint density at radius 2 is 1.95 bits per heavy atom. The van der Waals surface area contributed by atoms with Crippen LogP contribution in [0.2, 0.25) is 0 Å². The second-order valence-corrected chi connectivity index (χ2v) is 4.64. The minimum Gasteiger partial charge on any atom is -0.462 e. The largest absolute Gasteiger partial charge is 0.462 e. The van der Waals surface area contributed by atoms with E-state index in [2.05, 4.69) is 4.90 Å². The van der Waals surface area contributed by atoms with Crippen LogP contribution in [-0.4, -0.2) is 25.7 Å². The minimum atomic E-state index is -0.331. The molecule has 1 saturated heterocycles. The highest BCUT2D eigenvalue weighted by atomic mass is 16.5. The summed E-state index contributed by atoms with van der Waals surface area (Å²) in [6.45, 7) is 3.47. The summed E-state index contributed by atoms with van der Waals surface area (Å²) in [6, 6.07) is 11.0. The zero-order valence-electron chi connectivity index (χ0n) is 11.8. The monoisotopic (exact) mass is 281 g/mol. The Balaban J connectivity index is 2.12. The van der Waals surface area contributed by atoms with Gasteiger partial charge in [0.1, 0.15) is 17.7 Å². The highest BCUT2D eigenvalue weighted by Crippen LogP contribution is 2.25. The summed E-state index contributed by atoms with van der Waals surface area (Å²) in [4.78, 5) is 13.7. The van der Waals surface area contributed by atoms with Gasteiger partial charge in [0.2, 0.25) is 0 Å². The molecule has 106 valence electrons. The first kappa shape index (κ1) is 14.6. The smallest absolute Gasteiger partial charge is 0.338 e. The van der Waals surface area contributed by atoms with Crippen LogP contribution in [-0.2, 0) is 4.74 Å². The van der Waals surface area contributed by atoms with Gasteiger partial charge in [0.05, 0.1) is 12.2 Å². The van der Waals surface area contributed by atoms with Crippen LogP contribution in [0.3, 0.4) is 0 Å². The van der Waals surface area contributed by atoms with E-state index in [4.69, 9.17) is 15.3 Å². The maximum Gasteiger partial charge on any atom is 0.338 e. The Bertz CT molecular complexity index is 632. The molecule has 0 saturated carbocycles. The number of esters is 1. The number of carbonyl (C=O) groups excluding carboxylic acids is 1. The zero-order chi connectivity index (χ0) is 15.2. The average Bonchev–Trinajstić information content (AvgIpc) is 2.99. The second-order valence-electron chi connectivity index (χ2n) is 4.64. The fourth-order valence-corrected chi connectivity index (χ4v) is 2.29. The molecule has 1 aliphatic heterocycles. The van der Waals surface area contributed by atoms with Gasteiger partial charge < -0.3 is 9.64 Å². The molecule has 0 unspecified atom stereocenters. The van der Waals surface area contributed by atoms with E-state index in [9.17, 15) is 4.79 Å². The van der Waals surface area contributed by atoms with E-state index in [1.54, 1.807) is 19.1 Å². The van der Waals surface area contributed by atoms with Crippen LogP contribution >= 0.6 is 0 Å².